The van der Waals surface area contributed by atoms with Crippen LogP contribution in [0, 0.1) is 5.82 Å². The van der Waals surface area contributed by atoms with Crippen LogP contribution in [-0.4, -0.2) is 93.9 Å². The predicted octanol–water partition coefficient (Wildman–Crippen LogP) is 4.13. The Labute approximate surface area is 270 Å². The van der Waals surface area contributed by atoms with Gasteiger partial charge in [-0.05, 0) is 55.3 Å². The van der Waals surface area contributed by atoms with Gasteiger partial charge in [-0.15, -0.1) is 0 Å². The van der Waals surface area contributed by atoms with Crippen molar-refractivity contribution in [3.05, 3.63) is 88.7 Å². The van der Waals surface area contributed by atoms with Crippen molar-refractivity contribution in [1.82, 2.24) is 10.2 Å². The zero-order valence-corrected chi connectivity index (χ0v) is 26.0. The first kappa shape index (κ1) is 34.7. The number of nitrogens with zero attached hydrogens (tertiary/aromatic N) is 1. The summed E-state index contributed by atoms with van der Waals surface area (Å²) in [7, 11) is 4.27. The Morgan fingerprint density at radius 3 is 2.19 bits per heavy atom. The summed E-state index contributed by atoms with van der Waals surface area (Å²) in [5.74, 6) is -2.11. The van der Waals surface area contributed by atoms with Crippen LogP contribution in [0.2, 0.25) is 0 Å². The van der Waals surface area contributed by atoms with Gasteiger partial charge in [-0.2, -0.15) is 0 Å². The van der Waals surface area contributed by atoms with E-state index in [2.05, 4.69) is 5.32 Å². The number of rotatable bonds is 13. The molecule has 1 aliphatic heterocycles. The van der Waals surface area contributed by atoms with Crippen molar-refractivity contribution in [1.29, 1.82) is 0 Å². The van der Waals surface area contributed by atoms with Crippen LogP contribution < -0.4 is 19.5 Å². The molecule has 0 unspecified atom stereocenters. The molecule has 2 atom stereocenters. The zero-order chi connectivity index (χ0) is 33.9. The molecule has 0 bridgehead atoms. The Hall–Kier alpha value is -5.21. The fourth-order valence-corrected chi connectivity index (χ4v) is 4.96. The minimum atomic E-state index is -1.18. The molecule has 3 aromatic rings. The van der Waals surface area contributed by atoms with Crippen molar-refractivity contribution in [2.75, 3.05) is 48.0 Å². The molecular formula is C33H35FN2O11. The molecule has 1 fully saturated rings. The number of likely N-dealkylation sites (tertiary alicyclic amines) is 1. The van der Waals surface area contributed by atoms with Crippen LogP contribution in [0.4, 0.5) is 9.18 Å². The number of carbonyl (C=O) groups is 4. The van der Waals surface area contributed by atoms with E-state index in [9.17, 15) is 28.7 Å². The Morgan fingerprint density at radius 1 is 0.872 bits per heavy atom. The summed E-state index contributed by atoms with van der Waals surface area (Å²) >= 11 is 0. The van der Waals surface area contributed by atoms with Gasteiger partial charge < -0.3 is 43.7 Å². The lowest BCUT2D eigenvalue weighted by atomic mass is 10.0. The first-order valence-corrected chi connectivity index (χ1v) is 14.5. The van der Waals surface area contributed by atoms with Crippen LogP contribution in [0.15, 0.2) is 60.7 Å². The standard InChI is InChI=1S/C33H35FN2O11/c1-42-18-45-26-14-13-22(16-28(26)44-3)31(38)35-24-17-36(33(40)41)15-5-8-25(24)47-32(39)21-11-9-20(10-12-21)30(37)29-23(34)6-4-7-27(29)46-19-43-2/h4,6-7,9-14,16,24-25H,5,8,15,17-19H2,1-3H3,(H,35,38)(H,40,41)/t24-,25-/m1/s1. The van der Waals surface area contributed by atoms with Gasteiger partial charge in [0.25, 0.3) is 5.91 Å². The van der Waals surface area contributed by atoms with Gasteiger partial charge in [0.1, 0.15) is 23.2 Å². The van der Waals surface area contributed by atoms with Crippen molar-refractivity contribution in [2.45, 2.75) is 25.0 Å². The quantitative estimate of drug-likeness (QED) is 0.155. The van der Waals surface area contributed by atoms with Gasteiger partial charge in [-0.3, -0.25) is 9.59 Å². The minimum absolute atomic E-state index is 0.00556. The largest absolute Gasteiger partial charge is 0.493 e. The highest BCUT2D eigenvalue weighted by Gasteiger charge is 2.34. The summed E-state index contributed by atoms with van der Waals surface area (Å²) < 4.78 is 46.3. The third-order valence-corrected chi connectivity index (χ3v) is 7.30. The fraction of sp³-hybridized carbons (Fsp3) is 0.333. The highest BCUT2D eigenvalue weighted by Crippen LogP contribution is 2.29. The molecule has 1 heterocycles. The second-order valence-corrected chi connectivity index (χ2v) is 10.4. The Bertz CT molecular complexity index is 1580. The van der Waals surface area contributed by atoms with Crippen molar-refractivity contribution in [3.63, 3.8) is 0 Å². The van der Waals surface area contributed by atoms with E-state index < -0.39 is 41.7 Å². The minimum Gasteiger partial charge on any atom is -0.493 e. The van der Waals surface area contributed by atoms with Crippen LogP contribution in [0.3, 0.4) is 0 Å². The smallest absolute Gasteiger partial charge is 0.407 e. The summed E-state index contributed by atoms with van der Waals surface area (Å²) in [6, 6.07) is 13.0. The molecular weight excluding hydrogens is 619 g/mol. The molecule has 47 heavy (non-hydrogen) atoms. The first-order chi connectivity index (χ1) is 22.7. The van der Waals surface area contributed by atoms with Crippen LogP contribution in [0.1, 0.15) is 49.5 Å². The third-order valence-electron chi connectivity index (χ3n) is 7.30. The number of halogens is 1. The molecule has 0 saturated carbocycles. The van der Waals surface area contributed by atoms with E-state index in [1.165, 1.54) is 75.9 Å². The molecule has 14 heteroatoms. The number of amides is 2. The summed E-state index contributed by atoms with van der Waals surface area (Å²) in [4.78, 5) is 52.7. The molecule has 2 N–H and O–H groups in total. The normalized spacial score (nSPS) is 16.0. The molecule has 0 radical (unpaired) electrons. The van der Waals surface area contributed by atoms with Crippen LogP contribution >= 0.6 is 0 Å². The lowest BCUT2D eigenvalue weighted by molar-refractivity contribution is 0.0179. The number of methoxy groups -OCH3 is 3. The topological polar surface area (TPSA) is 159 Å². The molecule has 13 nitrogen and oxygen atoms in total. The van der Waals surface area contributed by atoms with Crippen LogP contribution in [0.5, 0.6) is 17.2 Å². The second-order valence-electron chi connectivity index (χ2n) is 10.4. The van der Waals surface area contributed by atoms with Crippen LogP contribution in [0.25, 0.3) is 0 Å². The maximum atomic E-state index is 14.6. The Balaban J connectivity index is 1.51. The zero-order valence-electron chi connectivity index (χ0n) is 26.0. The summed E-state index contributed by atoms with van der Waals surface area (Å²) in [6.07, 6.45) is -1.42. The maximum absolute atomic E-state index is 14.6. The monoisotopic (exact) mass is 654 g/mol. The lowest BCUT2D eigenvalue weighted by Gasteiger charge is -2.28. The number of ether oxygens (including phenoxy) is 6. The number of hydrogen-bond acceptors (Lipinski definition) is 10. The first-order valence-electron chi connectivity index (χ1n) is 14.5. The Kier molecular flexibility index (Phi) is 12.1. The summed E-state index contributed by atoms with van der Waals surface area (Å²) in [5, 5.41) is 12.5. The van der Waals surface area contributed by atoms with Gasteiger partial charge >= 0.3 is 12.1 Å². The van der Waals surface area contributed by atoms with E-state index in [0.29, 0.717) is 12.2 Å². The number of carbonyl (C=O) groups excluding carboxylic acids is 3. The van der Waals surface area contributed by atoms with E-state index in [-0.39, 0.29) is 66.8 Å². The van der Waals surface area contributed by atoms with E-state index in [1.807, 2.05) is 0 Å². The molecule has 0 aliphatic carbocycles. The number of nitrogens with one attached hydrogen (secondary N) is 1. The number of hydrogen-bond donors (Lipinski definition) is 2. The number of esters is 1. The number of ketones is 1. The van der Waals surface area contributed by atoms with Gasteiger partial charge in [0, 0.05) is 38.4 Å². The molecule has 0 spiro atoms. The molecule has 3 aromatic carbocycles. The predicted molar refractivity (Wildman–Crippen MR) is 164 cm³/mol. The molecule has 1 saturated heterocycles. The van der Waals surface area contributed by atoms with Gasteiger partial charge in [0.2, 0.25) is 0 Å². The maximum Gasteiger partial charge on any atom is 0.407 e. The van der Waals surface area contributed by atoms with E-state index >= 15 is 0 Å². The molecule has 250 valence electrons. The lowest BCUT2D eigenvalue weighted by Crippen LogP contribution is -2.51. The summed E-state index contributed by atoms with van der Waals surface area (Å²) in [6.45, 7) is -0.171. The molecule has 1 aliphatic rings. The van der Waals surface area contributed by atoms with Gasteiger partial charge in [0.15, 0.2) is 30.9 Å². The van der Waals surface area contributed by atoms with Gasteiger partial charge in [0.05, 0.1) is 18.7 Å². The molecule has 4 rings (SSSR count). The second kappa shape index (κ2) is 16.4. The van der Waals surface area contributed by atoms with Gasteiger partial charge in [-0.1, -0.05) is 18.2 Å². The van der Waals surface area contributed by atoms with E-state index in [4.69, 9.17) is 28.4 Å². The SMILES string of the molecule is COCOc1ccc(C(=O)N[C@@H]2CN(C(=O)O)CCC[C@H]2OC(=O)c2ccc(C(=O)c3c(F)cccc3OCOC)cc2)cc1OC. The average Bonchev–Trinajstić information content (AvgIpc) is 3.27. The van der Waals surface area contributed by atoms with E-state index in [1.54, 1.807) is 0 Å². The third kappa shape index (κ3) is 8.74. The fourth-order valence-electron chi connectivity index (χ4n) is 4.96. The van der Waals surface area contributed by atoms with Crippen LogP contribution in [-0.2, 0) is 14.2 Å². The number of carboxylic acid groups (broad SMARTS) is 1. The van der Waals surface area contributed by atoms with Crippen molar-refractivity contribution in [2.24, 2.45) is 0 Å². The van der Waals surface area contributed by atoms with Crippen molar-refractivity contribution >= 4 is 23.8 Å². The van der Waals surface area contributed by atoms with E-state index in [0.717, 1.165) is 11.0 Å². The highest BCUT2D eigenvalue weighted by molar-refractivity contribution is 6.11. The summed E-state index contributed by atoms with van der Waals surface area (Å²) in [5.41, 5.74) is 0.106. The Morgan fingerprint density at radius 2 is 1.53 bits per heavy atom. The molecule has 2 amide bonds. The highest BCUT2D eigenvalue weighted by atomic mass is 19.1. The van der Waals surface area contributed by atoms with Crippen molar-refractivity contribution < 1.29 is 57.1 Å². The molecule has 0 aromatic heterocycles. The number of benzene rings is 3. The average molecular weight is 655 g/mol. The van der Waals surface area contributed by atoms with Gasteiger partial charge in [-0.25, -0.2) is 14.0 Å². The van der Waals surface area contributed by atoms with Crippen molar-refractivity contribution in [3.8, 4) is 17.2 Å².